The van der Waals surface area contributed by atoms with E-state index in [0.29, 0.717) is 32.8 Å². The van der Waals surface area contributed by atoms with Gasteiger partial charge in [0.05, 0.1) is 26.2 Å². The normalized spacial score (nSPS) is 24.9. The van der Waals surface area contributed by atoms with Gasteiger partial charge in [0, 0.05) is 44.9 Å². The fourth-order valence-corrected chi connectivity index (χ4v) is 3.47. The van der Waals surface area contributed by atoms with Gasteiger partial charge in [0.2, 0.25) is 5.91 Å². The Bertz CT molecular complexity index is 525. The molecule has 23 heavy (non-hydrogen) atoms. The van der Waals surface area contributed by atoms with Crippen molar-refractivity contribution >= 4 is 11.7 Å². The van der Waals surface area contributed by atoms with Crippen LogP contribution in [0.25, 0.3) is 0 Å². The molecule has 0 aromatic carbocycles. The van der Waals surface area contributed by atoms with Crippen molar-refractivity contribution in [2.75, 3.05) is 58.0 Å². The molecular formula is C17H25N3O3. The van der Waals surface area contributed by atoms with Crippen LogP contribution in [0.5, 0.6) is 0 Å². The molecule has 1 atom stereocenters. The lowest BCUT2D eigenvalue weighted by Crippen LogP contribution is -2.43. The number of rotatable bonds is 4. The highest BCUT2D eigenvalue weighted by Gasteiger charge is 2.42. The van der Waals surface area contributed by atoms with E-state index in [2.05, 4.69) is 9.88 Å². The van der Waals surface area contributed by atoms with E-state index in [0.717, 1.165) is 31.9 Å². The fourth-order valence-electron chi connectivity index (χ4n) is 3.47. The molecule has 0 radical (unpaired) electrons. The van der Waals surface area contributed by atoms with Crippen LogP contribution in [0.2, 0.25) is 0 Å². The first-order chi connectivity index (χ1) is 11.2. The van der Waals surface area contributed by atoms with Gasteiger partial charge in [0.1, 0.15) is 5.82 Å². The predicted molar refractivity (Wildman–Crippen MR) is 87.4 cm³/mol. The first-order valence-corrected chi connectivity index (χ1v) is 8.23. The van der Waals surface area contributed by atoms with Crippen LogP contribution in [0, 0.1) is 5.41 Å². The molecule has 1 aromatic rings. The predicted octanol–water partition coefficient (Wildman–Crippen LogP) is 1.17. The van der Waals surface area contributed by atoms with Gasteiger partial charge in [-0.3, -0.25) is 4.79 Å². The van der Waals surface area contributed by atoms with E-state index in [1.807, 2.05) is 29.3 Å². The van der Waals surface area contributed by atoms with Crippen LogP contribution < -0.4 is 4.90 Å². The van der Waals surface area contributed by atoms with Gasteiger partial charge in [0.15, 0.2) is 0 Å². The van der Waals surface area contributed by atoms with E-state index in [1.54, 1.807) is 7.11 Å². The maximum atomic E-state index is 12.4. The Hall–Kier alpha value is -1.66. The quantitative estimate of drug-likeness (QED) is 0.834. The van der Waals surface area contributed by atoms with Crippen LogP contribution in [0.15, 0.2) is 24.4 Å². The average molecular weight is 319 g/mol. The summed E-state index contributed by atoms with van der Waals surface area (Å²) in [4.78, 5) is 21.1. The molecule has 2 fully saturated rings. The summed E-state index contributed by atoms with van der Waals surface area (Å²) >= 11 is 0. The van der Waals surface area contributed by atoms with E-state index in [9.17, 15) is 4.79 Å². The standard InChI is InChI=1S/C17H25N3O3/c1-22-10-5-16(21)20-9-11-23-14-17(13-20)6-8-19(12-17)15-4-2-3-7-18-15/h2-4,7H,5-6,8-14H2,1H3. The molecule has 1 spiro atoms. The van der Waals surface area contributed by atoms with Crippen LogP contribution in [0.1, 0.15) is 12.8 Å². The minimum Gasteiger partial charge on any atom is -0.384 e. The minimum atomic E-state index is 0.0107. The maximum absolute atomic E-state index is 12.4. The molecule has 0 N–H and O–H groups in total. The molecule has 3 heterocycles. The molecule has 3 rings (SSSR count). The molecular weight excluding hydrogens is 294 g/mol. The Morgan fingerprint density at radius 3 is 3.09 bits per heavy atom. The summed E-state index contributed by atoms with van der Waals surface area (Å²) in [5.41, 5.74) is 0.0107. The average Bonchev–Trinajstić information content (AvgIpc) is 2.88. The summed E-state index contributed by atoms with van der Waals surface area (Å²) in [7, 11) is 1.63. The zero-order valence-electron chi connectivity index (χ0n) is 13.7. The Morgan fingerprint density at radius 1 is 1.39 bits per heavy atom. The van der Waals surface area contributed by atoms with Gasteiger partial charge in [-0.25, -0.2) is 4.98 Å². The number of methoxy groups -OCH3 is 1. The van der Waals surface area contributed by atoms with Crippen molar-refractivity contribution in [1.29, 1.82) is 0 Å². The Labute approximate surface area is 137 Å². The fraction of sp³-hybridized carbons (Fsp3) is 0.647. The molecule has 0 aliphatic carbocycles. The number of pyridine rings is 1. The zero-order chi connectivity index (χ0) is 16.1. The molecule has 2 aliphatic rings. The minimum absolute atomic E-state index is 0.0107. The molecule has 2 aliphatic heterocycles. The molecule has 6 nitrogen and oxygen atoms in total. The Balaban J connectivity index is 1.67. The second-order valence-corrected chi connectivity index (χ2v) is 6.47. The first-order valence-electron chi connectivity index (χ1n) is 8.23. The molecule has 0 saturated carbocycles. The van der Waals surface area contributed by atoms with Crippen LogP contribution in [0.4, 0.5) is 5.82 Å². The number of carbonyl (C=O) groups excluding carboxylic acids is 1. The van der Waals surface area contributed by atoms with Gasteiger partial charge in [-0.2, -0.15) is 0 Å². The molecule has 6 heteroatoms. The van der Waals surface area contributed by atoms with Crippen molar-refractivity contribution in [2.45, 2.75) is 12.8 Å². The maximum Gasteiger partial charge on any atom is 0.224 e. The number of amides is 1. The van der Waals surface area contributed by atoms with E-state index in [4.69, 9.17) is 9.47 Å². The van der Waals surface area contributed by atoms with Gasteiger partial charge in [-0.05, 0) is 18.6 Å². The number of ether oxygens (including phenoxy) is 2. The number of carbonyl (C=O) groups is 1. The number of hydrogen-bond donors (Lipinski definition) is 0. The number of hydrogen-bond acceptors (Lipinski definition) is 5. The highest BCUT2D eigenvalue weighted by Crippen LogP contribution is 2.35. The number of nitrogens with zero attached hydrogens (tertiary/aromatic N) is 3. The van der Waals surface area contributed by atoms with Crippen molar-refractivity contribution in [2.24, 2.45) is 5.41 Å². The highest BCUT2D eigenvalue weighted by atomic mass is 16.5. The third kappa shape index (κ3) is 3.82. The largest absolute Gasteiger partial charge is 0.384 e. The van der Waals surface area contributed by atoms with E-state index in [1.165, 1.54) is 0 Å². The summed E-state index contributed by atoms with van der Waals surface area (Å²) in [6.07, 6.45) is 3.29. The highest BCUT2D eigenvalue weighted by molar-refractivity contribution is 5.76. The SMILES string of the molecule is COCCC(=O)N1CCOCC2(CCN(c3ccccn3)C2)C1. The number of aromatic nitrogens is 1. The molecule has 2 saturated heterocycles. The van der Waals surface area contributed by atoms with Gasteiger partial charge in [-0.1, -0.05) is 6.07 Å². The molecule has 1 aromatic heterocycles. The second kappa shape index (κ2) is 7.27. The van der Waals surface area contributed by atoms with Crippen molar-refractivity contribution in [3.05, 3.63) is 24.4 Å². The van der Waals surface area contributed by atoms with E-state index in [-0.39, 0.29) is 11.3 Å². The molecule has 1 unspecified atom stereocenters. The number of anilines is 1. The lowest BCUT2D eigenvalue weighted by Gasteiger charge is -2.32. The van der Waals surface area contributed by atoms with E-state index >= 15 is 0 Å². The molecule has 0 bridgehead atoms. The Morgan fingerprint density at radius 2 is 2.30 bits per heavy atom. The van der Waals surface area contributed by atoms with Crippen molar-refractivity contribution in [3.63, 3.8) is 0 Å². The van der Waals surface area contributed by atoms with E-state index < -0.39 is 0 Å². The topological polar surface area (TPSA) is 54.9 Å². The summed E-state index contributed by atoms with van der Waals surface area (Å²) in [6.45, 7) is 5.09. The monoisotopic (exact) mass is 319 g/mol. The third-order valence-corrected chi connectivity index (χ3v) is 4.72. The van der Waals surface area contributed by atoms with Gasteiger partial charge in [-0.15, -0.1) is 0 Å². The zero-order valence-corrected chi connectivity index (χ0v) is 13.7. The van der Waals surface area contributed by atoms with Crippen molar-refractivity contribution < 1.29 is 14.3 Å². The smallest absolute Gasteiger partial charge is 0.224 e. The lowest BCUT2D eigenvalue weighted by atomic mass is 9.87. The van der Waals surface area contributed by atoms with Crippen molar-refractivity contribution in [1.82, 2.24) is 9.88 Å². The van der Waals surface area contributed by atoms with Crippen LogP contribution in [-0.2, 0) is 14.3 Å². The van der Waals surface area contributed by atoms with Crippen molar-refractivity contribution in [3.8, 4) is 0 Å². The summed E-state index contributed by atoms with van der Waals surface area (Å²) < 4.78 is 10.9. The molecule has 126 valence electrons. The van der Waals surface area contributed by atoms with Gasteiger partial charge in [0.25, 0.3) is 0 Å². The van der Waals surface area contributed by atoms with Crippen LogP contribution >= 0.6 is 0 Å². The van der Waals surface area contributed by atoms with Gasteiger partial charge < -0.3 is 19.3 Å². The lowest BCUT2D eigenvalue weighted by molar-refractivity contribution is -0.133. The summed E-state index contributed by atoms with van der Waals surface area (Å²) in [6, 6.07) is 5.98. The second-order valence-electron chi connectivity index (χ2n) is 6.47. The summed E-state index contributed by atoms with van der Waals surface area (Å²) in [5, 5.41) is 0. The summed E-state index contributed by atoms with van der Waals surface area (Å²) in [5.74, 6) is 1.17. The Kier molecular flexibility index (Phi) is 5.13. The van der Waals surface area contributed by atoms with Gasteiger partial charge >= 0.3 is 0 Å². The first kappa shape index (κ1) is 16.2. The third-order valence-electron chi connectivity index (χ3n) is 4.72. The molecule has 1 amide bonds. The van der Waals surface area contributed by atoms with Crippen LogP contribution in [-0.4, -0.2) is 68.9 Å². The van der Waals surface area contributed by atoms with Crippen LogP contribution in [0.3, 0.4) is 0 Å².